The van der Waals surface area contributed by atoms with Crippen LogP contribution in [0.3, 0.4) is 0 Å². The molecule has 0 fully saturated rings. The summed E-state index contributed by atoms with van der Waals surface area (Å²) in [7, 11) is 1.36. The summed E-state index contributed by atoms with van der Waals surface area (Å²) in [5.41, 5.74) is -0.173. The Morgan fingerprint density at radius 1 is 1.33 bits per heavy atom. The standard InChI is InChI=1S/C16H13FN4O3/c1-24-13-6-7-18-15(22)14(13)16(23)20-10-8-19-21(9-10)12-5-3-2-4-11(12)17/h2-9H,1H3,(H,18,22)(H,20,23). The Kier molecular flexibility index (Phi) is 4.11. The first-order valence-electron chi connectivity index (χ1n) is 6.96. The minimum atomic E-state index is -0.651. The van der Waals surface area contributed by atoms with Crippen LogP contribution in [0.1, 0.15) is 10.4 Å². The van der Waals surface area contributed by atoms with E-state index in [1.54, 1.807) is 18.2 Å². The first kappa shape index (κ1) is 15.5. The smallest absolute Gasteiger partial charge is 0.265 e. The van der Waals surface area contributed by atoms with Gasteiger partial charge in [0.25, 0.3) is 11.5 Å². The van der Waals surface area contributed by atoms with Crippen LogP contribution in [0.25, 0.3) is 5.69 Å². The number of hydrogen-bond donors (Lipinski definition) is 2. The van der Waals surface area contributed by atoms with Crippen molar-refractivity contribution in [3.05, 3.63) is 70.7 Å². The van der Waals surface area contributed by atoms with Gasteiger partial charge in [-0.15, -0.1) is 0 Å². The number of aromatic amines is 1. The number of rotatable bonds is 4. The number of halogens is 1. The van der Waals surface area contributed by atoms with E-state index in [1.807, 2.05) is 0 Å². The Balaban J connectivity index is 1.87. The molecule has 1 aromatic carbocycles. The van der Waals surface area contributed by atoms with Gasteiger partial charge in [-0.2, -0.15) is 5.10 Å². The number of pyridine rings is 1. The number of methoxy groups -OCH3 is 1. The Labute approximate surface area is 135 Å². The van der Waals surface area contributed by atoms with Gasteiger partial charge in [0, 0.05) is 6.20 Å². The molecule has 0 aliphatic carbocycles. The maximum absolute atomic E-state index is 13.8. The van der Waals surface area contributed by atoms with E-state index in [-0.39, 0.29) is 17.0 Å². The number of hydrogen-bond acceptors (Lipinski definition) is 4. The van der Waals surface area contributed by atoms with E-state index in [2.05, 4.69) is 15.4 Å². The molecule has 0 saturated carbocycles. The normalized spacial score (nSPS) is 10.4. The minimum absolute atomic E-state index is 0.151. The van der Waals surface area contributed by atoms with Crippen LogP contribution in [-0.4, -0.2) is 27.8 Å². The molecule has 3 aromatic rings. The van der Waals surface area contributed by atoms with E-state index in [0.29, 0.717) is 5.69 Å². The molecule has 7 nitrogen and oxygen atoms in total. The van der Waals surface area contributed by atoms with E-state index >= 15 is 0 Å². The zero-order valence-electron chi connectivity index (χ0n) is 12.6. The van der Waals surface area contributed by atoms with Crippen molar-refractivity contribution in [3.63, 3.8) is 0 Å². The van der Waals surface area contributed by atoms with Crippen molar-refractivity contribution in [1.82, 2.24) is 14.8 Å². The van der Waals surface area contributed by atoms with Gasteiger partial charge in [-0.1, -0.05) is 12.1 Å². The van der Waals surface area contributed by atoms with Crippen LogP contribution in [0.2, 0.25) is 0 Å². The summed E-state index contributed by atoms with van der Waals surface area (Å²) in [5, 5.41) is 6.54. The second-order valence-electron chi connectivity index (χ2n) is 4.83. The minimum Gasteiger partial charge on any atom is -0.496 e. The van der Waals surface area contributed by atoms with Crippen molar-refractivity contribution in [1.29, 1.82) is 0 Å². The number of para-hydroxylation sites is 1. The van der Waals surface area contributed by atoms with Crippen LogP contribution < -0.4 is 15.6 Å². The number of nitrogens with one attached hydrogen (secondary N) is 2. The molecule has 0 unspecified atom stereocenters. The maximum atomic E-state index is 13.8. The van der Waals surface area contributed by atoms with E-state index in [1.165, 1.54) is 42.5 Å². The number of ether oxygens (including phenoxy) is 1. The molecule has 8 heteroatoms. The number of anilines is 1. The van der Waals surface area contributed by atoms with Crippen LogP contribution in [0.15, 0.2) is 53.7 Å². The molecule has 3 rings (SSSR count). The number of H-pyrrole nitrogens is 1. The van der Waals surface area contributed by atoms with Crippen LogP contribution in [0.4, 0.5) is 10.1 Å². The van der Waals surface area contributed by atoms with Crippen molar-refractivity contribution >= 4 is 11.6 Å². The lowest BCUT2D eigenvalue weighted by Crippen LogP contribution is -2.23. The SMILES string of the molecule is COc1cc[nH]c(=O)c1C(=O)Nc1cnn(-c2ccccc2F)c1. The molecule has 1 amide bonds. The number of aromatic nitrogens is 3. The third-order valence-corrected chi connectivity index (χ3v) is 3.31. The second-order valence-corrected chi connectivity index (χ2v) is 4.83. The molecular weight excluding hydrogens is 315 g/mol. The van der Waals surface area contributed by atoms with Gasteiger partial charge in [0.15, 0.2) is 0 Å². The highest BCUT2D eigenvalue weighted by molar-refractivity contribution is 6.05. The summed E-state index contributed by atoms with van der Waals surface area (Å²) in [6.07, 6.45) is 4.18. The number of carbonyl (C=O) groups excluding carboxylic acids is 1. The van der Waals surface area contributed by atoms with Crippen molar-refractivity contribution in [2.24, 2.45) is 0 Å². The zero-order chi connectivity index (χ0) is 17.1. The highest BCUT2D eigenvalue weighted by Gasteiger charge is 2.17. The predicted octanol–water partition coefficient (Wildman–Crippen LogP) is 1.96. The zero-order valence-corrected chi connectivity index (χ0v) is 12.6. The average molecular weight is 328 g/mol. The lowest BCUT2D eigenvalue weighted by Gasteiger charge is -2.06. The molecule has 24 heavy (non-hydrogen) atoms. The monoisotopic (exact) mass is 328 g/mol. The molecule has 0 atom stereocenters. The summed E-state index contributed by atoms with van der Waals surface area (Å²) >= 11 is 0. The van der Waals surface area contributed by atoms with Gasteiger partial charge in [0.1, 0.15) is 22.8 Å². The lowest BCUT2D eigenvalue weighted by atomic mass is 10.2. The molecule has 0 spiro atoms. The van der Waals surface area contributed by atoms with Crippen LogP contribution in [0, 0.1) is 5.82 Å². The third-order valence-electron chi connectivity index (χ3n) is 3.31. The molecule has 0 bridgehead atoms. The summed E-state index contributed by atoms with van der Waals surface area (Å²) in [5.74, 6) is -0.945. The molecule has 0 aliphatic rings. The van der Waals surface area contributed by atoms with Crippen LogP contribution >= 0.6 is 0 Å². The first-order valence-corrected chi connectivity index (χ1v) is 6.96. The van der Waals surface area contributed by atoms with Gasteiger partial charge in [0.05, 0.1) is 25.2 Å². The van der Waals surface area contributed by atoms with Gasteiger partial charge in [-0.05, 0) is 18.2 Å². The fourth-order valence-corrected chi connectivity index (χ4v) is 2.20. The molecule has 0 radical (unpaired) electrons. The van der Waals surface area contributed by atoms with Gasteiger partial charge >= 0.3 is 0 Å². The fraction of sp³-hybridized carbons (Fsp3) is 0.0625. The van der Waals surface area contributed by atoms with Gasteiger partial charge in [0.2, 0.25) is 0 Å². The molecule has 2 N–H and O–H groups in total. The summed E-state index contributed by atoms with van der Waals surface area (Å²) in [4.78, 5) is 26.6. The number of nitrogens with zero attached hydrogens (tertiary/aromatic N) is 2. The quantitative estimate of drug-likeness (QED) is 0.766. The summed E-state index contributed by atoms with van der Waals surface area (Å²) in [6.45, 7) is 0. The molecule has 122 valence electrons. The Morgan fingerprint density at radius 2 is 2.12 bits per heavy atom. The lowest BCUT2D eigenvalue weighted by molar-refractivity contribution is 0.102. The van der Waals surface area contributed by atoms with E-state index in [4.69, 9.17) is 4.74 Å². The van der Waals surface area contributed by atoms with Gasteiger partial charge in [-0.3, -0.25) is 9.59 Å². The molecule has 2 heterocycles. The molecular formula is C16H13FN4O3. The van der Waals surface area contributed by atoms with Crippen molar-refractivity contribution in [2.75, 3.05) is 12.4 Å². The van der Waals surface area contributed by atoms with E-state index in [0.717, 1.165) is 0 Å². The first-order chi connectivity index (χ1) is 11.6. The van der Waals surface area contributed by atoms with Crippen molar-refractivity contribution < 1.29 is 13.9 Å². The van der Waals surface area contributed by atoms with Crippen molar-refractivity contribution in [2.45, 2.75) is 0 Å². The van der Waals surface area contributed by atoms with Crippen LogP contribution in [-0.2, 0) is 0 Å². The highest BCUT2D eigenvalue weighted by Crippen LogP contribution is 2.17. The summed E-state index contributed by atoms with van der Waals surface area (Å²) in [6, 6.07) is 7.58. The number of carbonyl (C=O) groups is 1. The molecule has 0 aliphatic heterocycles. The number of amides is 1. The van der Waals surface area contributed by atoms with Crippen LogP contribution in [0.5, 0.6) is 5.75 Å². The third kappa shape index (κ3) is 2.89. The van der Waals surface area contributed by atoms with Crippen molar-refractivity contribution in [3.8, 4) is 11.4 Å². The second kappa shape index (κ2) is 6.37. The Hall–Kier alpha value is -3.42. The van der Waals surface area contributed by atoms with E-state index < -0.39 is 17.3 Å². The largest absolute Gasteiger partial charge is 0.496 e. The molecule has 2 aromatic heterocycles. The molecule has 0 saturated heterocycles. The van der Waals surface area contributed by atoms with E-state index in [9.17, 15) is 14.0 Å². The van der Waals surface area contributed by atoms with Gasteiger partial charge < -0.3 is 15.0 Å². The average Bonchev–Trinajstić information content (AvgIpc) is 3.03. The van der Waals surface area contributed by atoms with Gasteiger partial charge in [-0.25, -0.2) is 9.07 Å². The number of benzene rings is 1. The summed E-state index contributed by atoms with van der Waals surface area (Å²) < 4.78 is 20.1. The topological polar surface area (TPSA) is 89.0 Å². The highest BCUT2D eigenvalue weighted by atomic mass is 19.1. The Morgan fingerprint density at radius 3 is 2.88 bits per heavy atom. The Bertz CT molecular complexity index is 948. The predicted molar refractivity (Wildman–Crippen MR) is 85.1 cm³/mol. The fourth-order valence-electron chi connectivity index (χ4n) is 2.20. The maximum Gasteiger partial charge on any atom is 0.265 e.